The molecule has 2 aromatic heterocycles. The summed E-state index contributed by atoms with van der Waals surface area (Å²) in [6.07, 6.45) is 1.80. The maximum absolute atomic E-state index is 5.40. The summed E-state index contributed by atoms with van der Waals surface area (Å²) >= 11 is 0. The lowest BCUT2D eigenvalue weighted by atomic mass is 10.0. The van der Waals surface area contributed by atoms with Crippen molar-refractivity contribution in [3.05, 3.63) is 77.8 Å². The molecule has 0 saturated carbocycles. The molecule has 1 aromatic carbocycles. The van der Waals surface area contributed by atoms with Crippen molar-refractivity contribution in [2.45, 2.75) is 19.5 Å². The van der Waals surface area contributed by atoms with Crippen LogP contribution in [0.3, 0.4) is 0 Å². The maximum Gasteiger partial charge on any atom is 0.230 e. The van der Waals surface area contributed by atoms with Crippen LogP contribution in [0.4, 0.5) is 0 Å². The highest BCUT2D eigenvalue weighted by atomic mass is 16.4. The lowest BCUT2D eigenvalue weighted by Gasteiger charge is -2.17. The van der Waals surface area contributed by atoms with E-state index in [0.29, 0.717) is 18.3 Å². The van der Waals surface area contributed by atoms with Crippen LogP contribution in [0.2, 0.25) is 0 Å². The van der Waals surface area contributed by atoms with Gasteiger partial charge in [0.05, 0.1) is 18.3 Å². The van der Waals surface area contributed by atoms with Crippen LogP contribution in [-0.4, -0.2) is 15.2 Å². The van der Waals surface area contributed by atoms with E-state index < -0.39 is 0 Å². The Morgan fingerprint density at radius 3 is 2.52 bits per heavy atom. The van der Waals surface area contributed by atoms with Gasteiger partial charge in [-0.2, -0.15) is 0 Å². The first-order valence-electron chi connectivity index (χ1n) is 6.81. The molecule has 106 valence electrons. The number of hydrogen-bond acceptors (Lipinski definition) is 5. The van der Waals surface area contributed by atoms with Gasteiger partial charge >= 0.3 is 0 Å². The monoisotopic (exact) mass is 280 g/mol. The SMILES string of the molecule is Cc1nnc(CNC(c2ccccc2)c2ccccn2)o1. The van der Waals surface area contributed by atoms with E-state index in [1.165, 1.54) is 0 Å². The van der Waals surface area contributed by atoms with Gasteiger partial charge in [-0.3, -0.25) is 10.3 Å². The summed E-state index contributed by atoms with van der Waals surface area (Å²) in [5.41, 5.74) is 2.10. The largest absolute Gasteiger partial charge is 0.424 e. The van der Waals surface area contributed by atoms with E-state index in [0.717, 1.165) is 11.3 Å². The van der Waals surface area contributed by atoms with Crippen molar-refractivity contribution in [2.24, 2.45) is 0 Å². The van der Waals surface area contributed by atoms with Crippen molar-refractivity contribution in [2.75, 3.05) is 0 Å². The molecule has 0 radical (unpaired) electrons. The van der Waals surface area contributed by atoms with Crippen LogP contribution in [0.15, 0.2) is 59.1 Å². The Morgan fingerprint density at radius 2 is 1.86 bits per heavy atom. The summed E-state index contributed by atoms with van der Waals surface area (Å²) in [6.45, 7) is 2.28. The Kier molecular flexibility index (Phi) is 4.02. The number of benzene rings is 1. The molecule has 0 aliphatic rings. The molecule has 1 N–H and O–H groups in total. The van der Waals surface area contributed by atoms with Crippen LogP contribution < -0.4 is 5.32 Å². The van der Waals surface area contributed by atoms with Crippen LogP contribution in [0.25, 0.3) is 0 Å². The number of pyridine rings is 1. The fraction of sp³-hybridized carbons (Fsp3) is 0.188. The molecule has 1 atom stereocenters. The van der Waals surface area contributed by atoms with E-state index in [2.05, 4.69) is 32.6 Å². The van der Waals surface area contributed by atoms with Crippen LogP contribution >= 0.6 is 0 Å². The van der Waals surface area contributed by atoms with E-state index in [4.69, 9.17) is 4.42 Å². The van der Waals surface area contributed by atoms with Gasteiger partial charge in [-0.1, -0.05) is 36.4 Å². The number of hydrogen-bond donors (Lipinski definition) is 1. The van der Waals surface area contributed by atoms with Gasteiger partial charge < -0.3 is 4.42 Å². The standard InChI is InChI=1S/C16H16N4O/c1-12-19-20-15(21-12)11-18-16(13-7-3-2-4-8-13)14-9-5-6-10-17-14/h2-10,16,18H,11H2,1H3. The Labute approximate surface area is 123 Å². The third kappa shape index (κ3) is 3.32. The fourth-order valence-electron chi connectivity index (χ4n) is 2.18. The minimum absolute atomic E-state index is 0.0143. The third-order valence-electron chi connectivity index (χ3n) is 3.14. The minimum atomic E-state index is -0.0143. The molecular weight excluding hydrogens is 264 g/mol. The van der Waals surface area contributed by atoms with Crippen molar-refractivity contribution in [3.63, 3.8) is 0 Å². The second kappa shape index (κ2) is 6.28. The van der Waals surface area contributed by atoms with E-state index in [1.807, 2.05) is 36.4 Å². The third-order valence-corrected chi connectivity index (χ3v) is 3.14. The van der Waals surface area contributed by atoms with Gasteiger partial charge in [0.2, 0.25) is 11.8 Å². The van der Waals surface area contributed by atoms with E-state index in [9.17, 15) is 0 Å². The molecule has 5 nitrogen and oxygen atoms in total. The van der Waals surface area contributed by atoms with E-state index in [-0.39, 0.29) is 6.04 Å². The maximum atomic E-state index is 5.40. The van der Waals surface area contributed by atoms with Crippen LogP contribution in [-0.2, 0) is 6.54 Å². The second-order valence-corrected chi connectivity index (χ2v) is 4.69. The zero-order chi connectivity index (χ0) is 14.5. The Balaban J connectivity index is 1.83. The number of aryl methyl sites for hydroxylation is 1. The molecule has 0 fully saturated rings. The predicted molar refractivity (Wildman–Crippen MR) is 78.4 cm³/mol. The average Bonchev–Trinajstić information content (AvgIpc) is 2.95. The highest BCUT2D eigenvalue weighted by molar-refractivity contribution is 5.27. The number of aromatic nitrogens is 3. The van der Waals surface area contributed by atoms with E-state index in [1.54, 1.807) is 13.1 Å². The summed E-state index contributed by atoms with van der Waals surface area (Å²) in [5.74, 6) is 1.14. The topological polar surface area (TPSA) is 63.8 Å². The molecule has 0 saturated heterocycles. The average molecular weight is 280 g/mol. The van der Waals surface area contributed by atoms with Gasteiger partial charge in [0, 0.05) is 13.1 Å². The smallest absolute Gasteiger partial charge is 0.230 e. The summed E-state index contributed by atoms with van der Waals surface area (Å²) in [6, 6.07) is 16.1. The molecule has 3 rings (SSSR count). The first-order chi connectivity index (χ1) is 10.3. The first-order valence-corrected chi connectivity index (χ1v) is 6.81. The van der Waals surface area contributed by atoms with Crippen molar-refractivity contribution >= 4 is 0 Å². The number of nitrogens with zero attached hydrogens (tertiary/aromatic N) is 3. The normalized spacial score (nSPS) is 12.2. The molecular formula is C16H16N4O. The Bertz CT molecular complexity index is 642. The summed E-state index contributed by atoms with van der Waals surface area (Å²) in [4.78, 5) is 4.44. The lowest BCUT2D eigenvalue weighted by Crippen LogP contribution is -2.23. The van der Waals surface area contributed by atoms with Gasteiger partial charge in [0.25, 0.3) is 0 Å². The van der Waals surface area contributed by atoms with Crippen molar-refractivity contribution in [3.8, 4) is 0 Å². The van der Waals surface area contributed by atoms with Crippen molar-refractivity contribution in [1.29, 1.82) is 0 Å². The molecule has 0 amide bonds. The summed E-state index contributed by atoms with van der Waals surface area (Å²) < 4.78 is 5.40. The van der Waals surface area contributed by atoms with Gasteiger partial charge in [-0.05, 0) is 17.7 Å². The minimum Gasteiger partial charge on any atom is -0.424 e. The Hall–Kier alpha value is -2.53. The number of nitrogens with one attached hydrogen (secondary N) is 1. The fourth-order valence-corrected chi connectivity index (χ4v) is 2.18. The molecule has 1 unspecified atom stereocenters. The quantitative estimate of drug-likeness (QED) is 0.778. The summed E-state index contributed by atoms with van der Waals surface area (Å²) in [7, 11) is 0. The highest BCUT2D eigenvalue weighted by Gasteiger charge is 2.15. The van der Waals surface area contributed by atoms with Gasteiger partial charge in [0.1, 0.15) is 0 Å². The second-order valence-electron chi connectivity index (χ2n) is 4.69. The van der Waals surface area contributed by atoms with Gasteiger partial charge in [-0.25, -0.2) is 0 Å². The van der Waals surface area contributed by atoms with Crippen LogP contribution in [0.1, 0.15) is 29.1 Å². The first kappa shape index (κ1) is 13.5. The lowest BCUT2D eigenvalue weighted by molar-refractivity contribution is 0.434. The molecule has 2 heterocycles. The van der Waals surface area contributed by atoms with Crippen LogP contribution in [0.5, 0.6) is 0 Å². The number of rotatable bonds is 5. The van der Waals surface area contributed by atoms with Crippen LogP contribution in [0, 0.1) is 6.92 Å². The highest BCUT2D eigenvalue weighted by Crippen LogP contribution is 2.20. The molecule has 5 heteroatoms. The predicted octanol–water partition coefficient (Wildman–Crippen LogP) is 2.65. The molecule has 0 bridgehead atoms. The van der Waals surface area contributed by atoms with E-state index >= 15 is 0 Å². The zero-order valence-corrected chi connectivity index (χ0v) is 11.7. The molecule has 3 aromatic rings. The zero-order valence-electron chi connectivity index (χ0n) is 11.7. The Morgan fingerprint density at radius 1 is 1.05 bits per heavy atom. The van der Waals surface area contributed by atoms with Crippen molar-refractivity contribution < 1.29 is 4.42 Å². The van der Waals surface area contributed by atoms with Crippen molar-refractivity contribution in [1.82, 2.24) is 20.5 Å². The molecule has 0 aliphatic carbocycles. The molecule has 21 heavy (non-hydrogen) atoms. The molecule has 0 aliphatic heterocycles. The molecule has 0 spiro atoms. The van der Waals surface area contributed by atoms with Gasteiger partial charge in [-0.15, -0.1) is 10.2 Å². The summed E-state index contributed by atoms with van der Waals surface area (Å²) in [5, 5.41) is 11.3. The van der Waals surface area contributed by atoms with Gasteiger partial charge in [0.15, 0.2) is 0 Å².